The second-order valence-corrected chi connectivity index (χ2v) is 5.54. The molecule has 20 heavy (non-hydrogen) atoms. The quantitative estimate of drug-likeness (QED) is 0.834. The number of nitrogens with two attached hydrogens (primary N) is 1. The Bertz CT molecular complexity index is 473. The molecule has 1 atom stereocenters. The first-order valence-corrected chi connectivity index (χ1v) is 7.52. The summed E-state index contributed by atoms with van der Waals surface area (Å²) >= 11 is 0. The number of carbonyl (C=O) groups is 1. The van der Waals surface area contributed by atoms with Crippen LogP contribution in [0.5, 0.6) is 0 Å². The first kappa shape index (κ1) is 14.7. The molecule has 1 heterocycles. The van der Waals surface area contributed by atoms with Crippen molar-refractivity contribution in [3.8, 4) is 0 Å². The van der Waals surface area contributed by atoms with Crippen molar-refractivity contribution in [1.82, 2.24) is 5.32 Å². The summed E-state index contributed by atoms with van der Waals surface area (Å²) in [7, 11) is 1.65. The van der Waals surface area contributed by atoms with Gasteiger partial charge in [0.1, 0.15) is 0 Å². The van der Waals surface area contributed by atoms with Crippen LogP contribution >= 0.6 is 0 Å². The summed E-state index contributed by atoms with van der Waals surface area (Å²) in [5.41, 5.74) is 8.54. The van der Waals surface area contributed by atoms with Crippen LogP contribution in [0.25, 0.3) is 0 Å². The maximum Gasteiger partial charge on any atom is 0.251 e. The Kier molecular flexibility index (Phi) is 4.88. The zero-order chi connectivity index (χ0) is 14.5. The van der Waals surface area contributed by atoms with Crippen LogP contribution in [0.2, 0.25) is 0 Å². The molecule has 1 aromatic carbocycles. The molecular formula is C16H25N3O. The van der Waals surface area contributed by atoms with Crippen LogP contribution in [-0.2, 0) is 0 Å². The van der Waals surface area contributed by atoms with Gasteiger partial charge in [0.15, 0.2) is 0 Å². The van der Waals surface area contributed by atoms with Crippen molar-refractivity contribution >= 4 is 17.3 Å². The maximum atomic E-state index is 11.8. The van der Waals surface area contributed by atoms with E-state index in [4.69, 9.17) is 5.73 Å². The van der Waals surface area contributed by atoms with E-state index in [0.717, 1.165) is 30.4 Å². The minimum Gasteiger partial charge on any atom is -0.397 e. The van der Waals surface area contributed by atoms with Crippen molar-refractivity contribution < 1.29 is 4.79 Å². The third kappa shape index (κ3) is 3.24. The minimum absolute atomic E-state index is 0.0625. The summed E-state index contributed by atoms with van der Waals surface area (Å²) in [6.45, 7) is 4.32. The van der Waals surface area contributed by atoms with Gasteiger partial charge in [-0.25, -0.2) is 0 Å². The summed E-state index contributed by atoms with van der Waals surface area (Å²) < 4.78 is 0. The van der Waals surface area contributed by atoms with Gasteiger partial charge in [0.2, 0.25) is 0 Å². The molecule has 4 nitrogen and oxygen atoms in total. The number of anilines is 2. The van der Waals surface area contributed by atoms with Crippen molar-refractivity contribution in [1.29, 1.82) is 0 Å². The van der Waals surface area contributed by atoms with Crippen LogP contribution in [0, 0.1) is 5.92 Å². The van der Waals surface area contributed by atoms with Crippen molar-refractivity contribution in [2.45, 2.75) is 32.6 Å². The smallest absolute Gasteiger partial charge is 0.251 e. The van der Waals surface area contributed by atoms with Gasteiger partial charge in [0.25, 0.3) is 5.91 Å². The fraction of sp³-hybridized carbons (Fsp3) is 0.562. The minimum atomic E-state index is -0.0625. The molecule has 0 saturated carbocycles. The number of carbonyl (C=O) groups excluding carboxylic acids is 1. The van der Waals surface area contributed by atoms with Crippen molar-refractivity contribution in [2.75, 3.05) is 30.8 Å². The Labute approximate surface area is 121 Å². The highest BCUT2D eigenvalue weighted by Gasteiger charge is 2.18. The van der Waals surface area contributed by atoms with Crippen LogP contribution in [0.15, 0.2) is 18.2 Å². The summed E-state index contributed by atoms with van der Waals surface area (Å²) in [6, 6.07) is 5.53. The highest BCUT2D eigenvalue weighted by molar-refractivity contribution is 5.96. The van der Waals surface area contributed by atoms with Gasteiger partial charge in [-0.15, -0.1) is 0 Å². The number of nitrogen functional groups attached to an aromatic ring is 1. The third-order valence-corrected chi connectivity index (χ3v) is 4.29. The number of hydrogen-bond donors (Lipinski definition) is 2. The van der Waals surface area contributed by atoms with E-state index in [1.807, 2.05) is 12.1 Å². The van der Waals surface area contributed by atoms with Crippen molar-refractivity contribution in [3.63, 3.8) is 0 Å². The molecule has 1 amide bonds. The monoisotopic (exact) mass is 275 g/mol. The summed E-state index contributed by atoms with van der Waals surface area (Å²) in [4.78, 5) is 14.1. The largest absolute Gasteiger partial charge is 0.397 e. The number of hydrogen-bond acceptors (Lipinski definition) is 3. The maximum absolute atomic E-state index is 11.8. The van der Waals surface area contributed by atoms with E-state index in [0.29, 0.717) is 5.56 Å². The van der Waals surface area contributed by atoms with Crippen LogP contribution in [0.1, 0.15) is 43.0 Å². The van der Waals surface area contributed by atoms with E-state index in [-0.39, 0.29) is 5.91 Å². The lowest BCUT2D eigenvalue weighted by Crippen LogP contribution is -2.26. The molecule has 1 unspecified atom stereocenters. The fourth-order valence-corrected chi connectivity index (χ4v) is 2.92. The second-order valence-electron chi connectivity index (χ2n) is 5.54. The lowest BCUT2D eigenvalue weighted by atomic mass is 9.98. The van der Waals surface area contributed by atoms with Crippen molar-refractivity contribution in [2.24, 2.45) is 5.92 Å². The molecule has 0 spiro atoms. The van der Waals surface area contributed by atoms with E-state index in [2.05, 4.69) is 17.1 Å². The molecule has 3 N–H and O–H groups in total. The predicted molar refractivity (Wildman–Crippen MR) is 84.1 cm³/mol. The lowest BCUT2D eigenvalue weighted by Gasteiger charge is -2.25. The Balaban J connectivity index is 2.20. The molecular weight excluding hydrogens is 250 g/mol. The Hall–Kier alpha value is -1.71. The molecule has 0 aliphatic carbocycles. The zero-order valence-corrected chi connectivity index (χ0v) is 12.5. The van der Waals surface area contributed by atoms with Gasteiger partial charge in [0, 0.05) is 25.7 Å². The number of benzene rings is 1. The highest BCUT2D eigenvalue weighted by Crippen LogP contribution is 2.29. The second kappa shape index (κ2) is 6.64. The SMILES string of the molecule is CCC1CCCN(c2cc(C(=O)NC)ccc2N)CC1. The van der Waals surface area contributed by atoms with Crippen LogP contribution in [0.3, 0.4) is 0 Å². The number of rotatable bonds is 3. The van der Waals surface area contributed by atoms with Gasteiger partial charge in [0.05, 0.1) is 11.4 Å². The van der Waals surface area contributed by atoms with Crippen LogP contribution in [-0.4, -0.2) is 26.0 Å². The van der Waals surface area contributed by atoms with Gasteiger partial charge in [-0.3, -0.25) is 4.79 Å². The van der Waals surface area contributed by atoms with Crippen molar-refractivity contribution in [3.05, 3.63) is 23.8 Å². The topological polar surface area (TPSA) is 58.4 Å². The molecule has 0 radical (unpaired) electrons. The van der Waals surface area contributed by atoms with E-state index in [1.165, 1.54) is 25.7 Å². The number of amides is 1. The predicted octanol–water partition coefficient (Wildman–Crippen LogP) is 2.64. The summed E-state index contributed by atoms with van der Waals surface area (Å²) in [6.07, 6.45) is 4.95. The molecule has 110 valence electrons. The molecule has 1 aliphatic rings. The number of nitrogens with one attached hydrogen (secondary N) is 1. The molecule has 1 aromatic rings. The Morgan fingerprint density at radius 1 is 1.40 bits per heavy atom. The van der Waals surface area contributed by atoms with Gasteiger partial charge in [-0.2, -0.15) is 0 Å². The van der Waals surface area contributed by atoms with E-state index < -0.39 is 0 Å². The van der Waals surface area contributed by atoms with E-state index in [1.54, 1.807) is 13.1 Å². The van der Waals surface area contributed by atoms with Gasteiger partial charge >= 0.3 is 0 Å². The van der Waals surface area contributed by atoms with Gasteiger partial charge in [-0.05, 0) is 43.4 Å². The Morgan fingerprint density at radius 3 is 2.90 bits per heavy atom. The molecule has 4 heteroatoms. The molecule has 0 bridgehead atoms. The van der Waals surface area contributed by atoms with Crippen LogP contribution < -0.4 is 16.0 Å². The molecule has 2 rings (SSSR count). The lowest BCUT2D eigenvalue weighted by molar-refractivity contribution is 0.0963. The fourth-order valence-electron chi connectivity index (χ4n) is 2.92. The number of nitrogens with zero attached hydrogens (tertiary/aromatic N) is 1. The molecule has 1 saturated heterocycles. The van der Waals surface area contributed by atoms with E-state index in [9.17, 15) is 4.79 Å². The summed E-state index contributed by atoms with van der Waals surface area (Å²) in [5, 5.41) is 2.66. The van der Waals surface area contributed by atoms with E-state index >= 15 is 0 Å². The molecule has 0 aromatic heterocycles. The standard InChI is InChI=1S/C16H25N3O/c1-3-12-5-4-9-19(10-8-12)15-11-13(16(20)18-2)6-7-14(15)17/h6-7,11-12H,3-5,8-10,17H2,1-2H3,(H,18,20). The third-order valence-electron chi connectivity index (χ3n) is 4.29. The first-order valence-electron chi connectivity index (χ1n) is 7.52. The molecule has 1 aliphatic heterocycles. The van der Waals surface area contributed by atoms with Crippen LogP contribution in [0.4, 0.5) is 11.4 Å². The summed E-state index contributed by atoms with van der Waals surface area (Å²) in [5.74, 6) is 0.760. The average Bonchev–Trinajstić information content (AvgIpc) is 2.72. The normalized spacial score (nSPS) is 19.5. The first-order chi connectivity index (χ1) is 9.65. The molecule has 1 fully saturated rings. The van der Waals surface area contributed by atoms with Gasteiger partial charge in [-0.1, -0.05) is 13.3 Å². The Morgan fingerprint density at radius 2 is 2.20 bits per heavy atom. The zero-order valence-electron chi connectivity index (χ0n) is 12.5. The van der Waals surface area contributed by atoms with Gasteiger partial charge < -0.3 is 16.0 Å². The average molecular weight is 275 g/mol. The highest BCUT2D eigenvalue weighted by atomic mass is 16.1.